The van der Waals surface area contributed by atoms with Crippen LogP contribution in [0.1, 0.15) is 37.5 Å². The van der Waals surface area contributed by atoms with Gasteiger partial charge in [0.1, 0.15) is 5.56 Å². The van der Waals surface area contributed by atoms with Crippen LogP contribution in [0, 0.1) is 6.92 Å². The highest BCUT2D eigenvalue weighted by Gasteiger charge is 2.31. The fourth-order valence-electron chi connectivity index (χ4n) is 3.80. The molecule has 0 aliphatic carbocycles. The second-order valence-electron chi connectivity index (χ2n) is 8.79. The van der Waals surface area contributed by atoms with Crippen molar-refractivity contribution in [3.63, 3.8) is 0 Å². The summed E-state index contributed by atoms with van der Waals surface area (Å²) >= 11 is 0. The van der Waals surface area contributed by atoms with Gasteiger partial charge < -0.3 is 15.3 Å². The largest absolute Gasteiger partial charge is 0.416 e. The SMILES string of the molecule is Cc1c(C(=O)N(C)CCO)cc(C(=O)NCc2ccc(S(C)(=O)=O)cc2)c(=O)n1-c1cccc(C(F)(F)F)c1. The van der Waals surface area contributed by atoms with E-state index in [4.69, 9.17) is 0 Å². The predicted octanol–water partition coefficient (Wildman–Crippen LogP) is 2.56. The lowest BCUT2D eigenvalue weighted by Gasteiger charge is -2.21. The van der Waals surface area contributed by atoms with Crippen molar-refractivity contribution in [3.8, 4) is 5.69 Å². The van der Waals surface area contributed by atoms with Gasteiger partial charge >= 0.3 is 6.18 Å². The van der Waals surface area contributed by atoms with Crippen LogP contribution in [0.5, 0.6) is 0 Å². The second-order valence-corrected chi connectivity index (χ2v) is 10.8. The molecule has 3 rings (SSSR count). The molecule has 0 aliphatic heterocycles. The zero-order valence-corrected chi connectivity index (χ0v) is 22.1. The summed E-state index contributed by atoms with van der Waals surface area (Å²) in [4.78, 5) is 40.8. The highest BCUT2D eigenvalue weighted by atomic mass is 32.2. The molecule has 9 nitrogen and oxygen atoms in total. The van der Waals surface area contributed by atoms with E-state index in [0.29, 0.717) is 5.56 Å². The number of halogens is 3. The van der Waals surface area contributed by atoms with E-state index in [1.54, 1.807) is 0 Å². The van der Waals surface area contributed by atoms with Crippen LogP contribution in [0.2, 0.25) is 0 Å². The fourth-order valence-corrected chi connectivity index (χ4v) is 4.43. The van der Waals surface area contributed by atoms with Gasteiger partial charge in [-0.1, -0.05) is 18.2 Å². The maximum atomic E-state index is 13.4. The number of likely N-dealkylation sites (N-methyl/N-ethyl adjacent to an activating group) is 1. The zero-order valence-electron chi connectivity index (χ0n) is 21.2. The summed E-state index contributed by atoms with van der Waals surface area (Å²) in [5, 5.41) is 11.7. The molecule has 208 valence electrons. The number of carbonyl (C=O) groups excluding carboxylic acids is 2. The molecule has 13 heteroatoms. The lowest BCUT2D eigenvalue weighted by atomic mass is 10.1. The summed E-state index contributed by atoms with van der Waals surface area (Å²) in [5.41, 5.74) is -2.27. The maximum Gasteiger partial charge on any atom is 0.416 e. The standard InChI is InChI=1S/C26H26F3N3O6S/c1-16-21(24(35)31(2)11-12-33)14-22(23(34)30-15-17-7-9-20(10-8-17)39(3,37)38)25(36)32(16)19-6-4-5-18(13-19)26(27,28)29/h4-10,13-14,33H,11-12,15H2,1-3H3,(H,30,34). The van der Waals surface area contributed by atoms with Gasteiger partial charge in [-0.15, -0.1) is 0 Å². The van der Waals surface area contributed by atoms with Gasteiger partial charge in [-0.25, -0.2) is 8.42 Å². The number of benzene rings is 2. The predicted molar refractivity (Wildman–Crippen MR) is 137 cm³/mol. The molecule has 0 radical (unpaired) electrons. The van der Waals surface area contributed by atoms with E-state index in [1.807, 2.05) is 0 Å². The van der Waals surface area contributed by atoms with E-state index in [9.17, 15) is 41.1 Å². The summed E-state index contributed by atoms with van der Waals surface area (Å²) in [7, 11) is -2.04. The van der Waals surface area contributed by atoms with E-state index >= 15 is 0 Å². The van der Waals surface area contributed by atoms with Gasteiger partial charge in [0, 0.05) is 37.8 Å². The molecule has 0 unspecified atom stereocenters. The molecular formula is C26H26F3N3O6S. The summed E-state index contributed by atoms with van der Waals surface area (Å²) in [5.74, 6) is -1.56. The molecule has 0 saturated carbocycles. The number of amides is 2. The number of aliphatic hydroxyl groups excluding tert-OH is 1. The lowest BCUT2D eigenvalue weighted by molar-refractivity contribution is -0.137. The Bertz CT molecular complexity index is 1570. The van der Waals surface area contributed by atoms with Crippen molar-refractivity contribution in [1.29, 1.82) is 0 Å². The van der Waals surface area contributed by atoms with Gasteiger partial charge in [0.15, 0.2) is 9.84 Å². The molecule has 0 spiro atoms. The number of nitrogens with one attached hydrogen (secondary N) is 1. The van der Waals surface area contributed by atoms with Crippen molar-refractivity contribution in [1.82, 2.24) is 14.8 Å². The van der Waals surface area contributed by atoms with Crippen molar-refractivity contribution >= 4 is 21.7 Å². The van der Waals surface area contributed by atoms with Crippen molar-refractivity contribution in [2.45, 2.75) is 24.5 Å². The van der Waals surface area contributed by atoms with Gasteiger partial charge in [-0.2, -0.15) is 13.2 Å². The number of nitrogens with zero attached hydrogens (tertiary/aromatic N) is 2. The van der Waals surface area contributed by atoms with Crippen LogP contribution in [-0.4, -0.2) is 61.3 Å². The first-order valence-corrected chi connectivity index (χ1v) is 13.4. The van der Waals surface area contributed by atoms with Crippen molar-refractivity contribution in [3.05, 3.63) is 92.9 Å². The van der Waals surface area contributed by atoms with Crippen LogP contribution in [0.15, 0.2) is 64.3 Å². The van der Waals surface area contributed by atoms with Crippen LogP contribution in [-0.2, 0) is 22.6 Å². The quantitative estimate of drug-likeness (QED) is 0.433. The highest BCUT2D eigenvalue weighted by Crippen LogP contribution is 2.30. The average molecular weight is 566 g/mol. The first-order valence-electron chi connectivity index (χ1n) is 11.5. The summed E-state index contributed by atoms with van der Waals surface area (Å²) in [6, 6.07) is 10.7. The third-order valence-corrected chi connectivity index (χ3v) is 7.07. The number of sulfone groups is 1. The fraction of sp³-hybridized carbons (Fsp3) is 0.269. The van der Waals surface area contributed by atoms with Crippen LogP contribution < -0.4 is 10.9 Å². The van der Waals surface area contributed by atoms with E-state index < -0.39 is 44.5 Å². The van der Waals surface area contributed by atoms with Gasteiger partial charge in [0.2, 0.25) is 0 Å². The Morgan fingerprint density at radius 3 is 2.26 bits per heavy atom. The summed E-state index contributed by atoms with van der Waals surface area (Å²) in [6.07, 6.45) is -3.65. The van der Waals surface area contributed by atoms with Crippen LogP contribution in [0.4, 0.5) is 13.2 Å². The van der Waals surface area contributed by atoms with Crippen LogP contribution >= 0.6 is 0 Å². The van der Waals surface area contributed by atoms with Crippen molar-refractivity contribution < 1.29 is 36.3 Å². The average Bonchev–Trinajstić information content (AvgIpc) is 2.86. The molecule has 39 heavy (non-hydrogen) atoms. The lowest BCUT2D eigenvalue weighted by Crippen LogP contribution is -2.37. The molecule has 0 bridgehead atoms. The summed E-state index contributed by atoms with van der Waals surface area (Å²) in [6.45, 7) is 0.839. The third kappa shape index (κ3) is 6.73. The Hall–Kier alpha value is -3.97. The second kappa shape index (κ2) is 11.4. The van der Waals surface area contributed by atoms with Gasteiger partial charge in [0.05, 0.1) is 22.6 Å². The molecule has 0 saturated heterocycles. The molecule has 0 atom stereocenters. The molecule has 0 aliphatic rings. The van der Waals surface area contributed by atoms with Crippen LogP contribution in [0.3, 0.4) is 0 Å². The first-order chi connectivity index (χ1) is 18.1. The third-order valence-electron chi connectivity index (χ3n) is 5.94. The normalized spacial score (nSPS) is 11.8. The molecule has 1 heterocycles. The number of hydrogen-bond donors (Lipinski definition) is 2. The van der Waals surface area contributed by atoms with Gasteiger partial charge in [-0.3, -0.25) is 19.0 Å². The minimum atomic E-state index is -4.70. The monoisotopic (exact) mass is 565 g/mol. The number of alkyl halides is 3. The number of rotatable bonds is 8. The molecule has 0 fully saturated rings. The Morgan fingerprint density at radius 2 is 1.69 bits per heavy atom. The topological polar surface area (TPSA) is 126 Å². The van der Waals surface area contributed by atoms with Gasteiger partial charge in [0.25, 0.3) is 17.4 Å². The van der Waals surface area contributed by atoms with E-state index in [2.05, 4.69) is 5.32 Å². The molecule has 3 aromatic rings. The Morgan fingerprint density at radius 1 is 1.05 bits per heavy atom. The minimum Gasteiger partial charge on any atom is -0.395 e. The molecule has 2 amide bonds. The van der Waals surface area contributed by atoms with E-state index in [1.165, 1.54) is 44.3 Å². The number of aromatic nitrogens is 1. The first kappa shape index (κ1) is 29.6. The van der Waals surface area contributed by atoms with Crippen LogP contribution in [0.25, 0.3) is 5.69 Å². The zero-order chi connectivity index (χ0) is 29.1. The maximum absolute atomic E-state index is 13.4. The van der Waals surface area contributed by atoms with Crippen molar-refractivity contribution in [2.24, 2.45) is 0 Å². The smallest absolute Gasteiger partial charge is 0.395 e. The van der Waals surface area contributed by atoms with E-state index in [-0.39, 0.29) is 41.5 Å². The minimum absolute atomic E-state index is 0.00188. The molecule has 2 aromatic carbocycles. The molecule has 1 aromatic heterocycles. The van der Waals surface area contributed by atoms with Gasteiger partial charge in [-0.05, 0) is 48.9 Å². The number of carbonyl (C=O) groups is 2. The highest BCUT2D eigenvalue weighted by molar-refractivity contribution is 7.90. The Kier molecular flexibility index (Phi) is 8.66. The summed E-state index contributed by atoms with van der Waals surface area (Å²) < 4.78 is 64.3. The number of hydrogen-bond acceptors (Lipinski definition) is 6. The Balaban J connectivity index is 2.08. The number of pyridine rings is 1. The Labute approximate surface area is 222 Å². The van der Waals surface area contributed by atoms with E-state index in [0.717, 1.165) is 40.0 Å². The molecular weight excluding hydrogens is 539 g/mol. The number of aliphatic hydroxyl groups is 1. The van der Waals surface area contributed by atoms with Crippen molar-refractivity contribution in [2.75, 3.05) is 26.5 Å². The molecule has 2 N–H and O–H groups in total.